The number of carbonyl (C=O) groups is 1. The van der Waals surface area contributed by atoms with Crippen LogP contribution in [0, 0.1) is 0 Å². The number of carbonyl (C=O) groups excluding carboxylic acids is 1. The predicted octanol–water partition coefficient (Wildman–Crippen LogP) is 1.63. The van der Waals surface area contributed by atoms with Gasteiger partial charge in [0.2, 0.25) is 5.91 Å². The summed E-state index contributed by atoms with van der Waals surface area (Å²) in [4.78, 5) is 14.1. The smallest absolute Gasteiger partial charge is 0.234 e. The number of nitrogens with one attached hydrogen (secondary N) is 1. The Morgan fingerprint density at radius 1 is 1.40 bits per heavy atom. The summed E-state index contributed by atoms with van der Waals surface area (Å²) in [6.07, 6.45) is 2.01. The molecule has 0 unspecified atom stereocenters. The first-order valence-electron chi connectivity index (χ1n) is 7.32. The number of ether oxygens (including phenoxy) is 1. The maximum Gasteiger partial charge on any atom is 0.234 e. The molecule has 0 aromatic heterocycles. The largest absolute Gasteiger partial charge is 0.385 e. The molecular weight excluding hydrogens is 252 g/mol. The molecule has 1 aliphatic heterocycles. The maximum atomic E-state index is 11.8. The van der Waals surface area contributed by atoms with E-state index in [1.54, 1.807) is 7.11 Å². The lowest BCUT2D eigenvalue weighted by molar-refractivity contribution is -0.122. The zero-order chi connectivity index (χ0) is 14.2. The third-order valence-electron chi connectivity index (χ3n) is 3.76. The Kier molecular flexibility index (Phi) is 6.02. The minimum absolute atomic E-state index is 0.120. The molecule has 1 aromatic rings. The van der Waals surface area contributed by atoms with Gasteiger partial charge in [-0.2, -0.15) is 0 Å². The Morgan fingerprint density at radius 3 is 2.95 bits per heavy atom. The van der Waals surface area contributed by atoms with Crippen LogP contribution in [0.4, 0.5) is 0 Å². The lowest BCUT2D eigenvalue weighted by Crippen LogP contribution is -2.36. The molecule has 1 fully saturated rings. The number of nitrogens with zero attached hydrogens (tertiary/aromatic N) is 1. The number of hydrogen-bond acceptors (Lipinski definition) is 3. The second-order valence-corrected chi connectivity index (χ2v) is 5.33. The van der Waals surface area contributed by atoms with Crippen LogP contribution < -0.4 is 5.32 Å². The van der Waals surface area contributed by atoms with E-state index in [0.717, 1.165) is 25.9 Å². The molecule has 1 aliphatic rings. The van der Waals surface area contributed by atoms with Gasteiger partial charge in [0.1, 0.15) is 0 Å². The Hall–Kier alpha value is -1.39. The van der Waals surface area contributed by atoms with Gasteiger partial charge in [-0.05, 0) is 30.9 Å². The highest BCUT2D eigenvalue weighted by Crippen LogP contribution is 2.26. The summed E-state index contributed by atoms with van der Waals surface area (Å²) in [6.45, 7) is 3.89. The van der Waals surface area contributed by atoms with Crippen molar-refractivity contribution in [2.24, 2.45) is 0 Å². The zero-order valence-corrected chi connectivity index (χ0v) is 12.2. The summed E-state index contributed by atoms with van der Waals surface area (Å²) in [5.74, 6) is 0.687. The predicted molar refractivity (Wildman–Crippen MR) is 79.7 cm³/mol. The Balaban J connectivity index is 1.69. The van der Waals surface area contributed by atoms with Crippen molar-refractivity contribution in [3.8, 4) is 0 Å². The molecule has 0 radical (unpaired) electrons. The van der Waals surface area contributed by atoms with Gasteiger partial charge >= 0.3 is 0 Å². The van der Waals surface area contributed by atoms with E-state index in [0.29, 0.717) is 25.6 Å². The average Bonchev–Trinajstić information content (AvgIpc) is 2.93. The third-order valence-corrected chi connectivity index (χ3v) is 3.76. The average molecular weight is 276 g/mol. The molecule has 20 heavy (non-hydrogen) atoms. The van der Waals surface area contributed by atoms with Gasteiger partial charge in [-0.1, -0.05) is 30.3 Å². The van der Waals surface area contributed by atoms with Gasteiger partial charge in [0, 0.05) is 26.8 Å². The van der Waals surface area contributed by atoms with E-state index in [9.17, 15) is 4.79 Å². The second-order valence-electron chi connectivity index (χ2n) is 5.33. The fourth-order valence-corrected chi connectivity index (χ4v) is 2.68. The van der Waals surface area contributed by atoms with Crippen molar-refractivity contribution in [3.05, 3.63) is 35.9 Å². The fraction of sp³-hybridized carbons (Fsp3) is 0.562. The van der Waals surface area contributed by atoms with Gasteiger partial charge in [-0.25, -0.2) is 0 Å². The molecule has 1 atom stereocenters. The van der Waals surface area contributed by atoms with Crippen LogP contribution in [-0.2, 0) is 9.53 Å². The zero-order valence-electron chi connectivity index (χ0n) is 12.2. The van der Waals surface area contributed by atoms with Crippen molar-refractivity contribution >= 4 is 5.91 Å². The molecular formula is C16H24N2O2. The van der Waals surface area contributed by atoms with Gasteiger partial charge < -0.3 is 10.1 Å². The maximum absolute atomic E-state index is 11.8. The van der Waals surface area contributed by atoms with E-state index in [1.165, 1.54) is 5.56 Å². The Bertz CT molecular complexity index is 408. The lowest BCUT2D eigenvalue weighted by atomic mass is 9.99. The molecule has 4 nitrogen and oxygen atoms in total. The molecule has 0 spiro atoms. The highest BCUT2D eigenvalue weighted by atomic mass is 16.5. The molecule has 1 saturated heterocycles. The van der Waals surface area contributed by atoms with E-state index in [4.69, 9.17) is 4.74 Å². The molecule has 1 amide bonds. The first kappa shape index (κ1) is 15.0. The topological polar surface area (TPSA) is 41.6 Å². The number of benzene rings is 1. The van der Waals surface area contributed by atoms with Crippen molar-refractivity contribution in [1.82, 2.24) is 10.2 Å². The summed E-state index contributed by atoms with van der Waals surface area (Å²) >= 11 is 0. The van der Waals surface area contributed by atoms with Crippen LogP contribution in [0.1, 0.15) is 24.3 Å². The summed E-state index contributed by atoms with van der Waals surface area (Å²) < 4.78 is 4.96. The number of rotatable bonds is 7. The van der Waals surface area contributed by atoms with Crippen molar-refractivity contribution in [3.63, 3.8) is 0 Å². The van der Waals surface area contributed by atoms with Crippen LogP contribution >= 0.6 is 0 Å². The molecule has 0 aliphatic carbocycles. The number of likely N-dealkylation sites (tertiary alicyclic amines) is 1. The van der Waals surface area contributed by atoms with Gasteiger partial charge in [0.15, 0.2) is 0 Å². The molecule has 2 rings (SSSR count). The second kappa shape index (κ2) is 8.02. The highest BCUT2D eigenvalue weighted by Gasteiger charge is 2.24. The van der Waals surface area contributed by atoms with E-state index in [1.807, 2.05) is 6.07 Å². The highest BCUT2D eigenvalue weighted by molar-refractivity contribution is 5.78. The van der Waals surface area contributed by atoms with E-state index in [2.05, 4.69) is 34.5 Å². The van der Waals surface area contributed by atoms with Crippen molar-refractivity contribution < 1.29 is 9.53 Å². The van der Waals surface area contributed by atoms with E-state index >= 15 is 0 Å². The minimum atomic E-state index is 0.120. The van der Waals surface area contributed by atoms with Crippen LogP contribution in [0.5, 0.6) is 0 Å². The molecule has 4 heteroatoms. The fourth-order valence-electron chi connectivity index (χ4n) is 2.68. The molecule has 1 N–H and O–H groups in total. The van der Waals surface area contributed by atoms with Crippen LogP contribution in [0.25, 0.3) is 0 Å². The molecule has 110 valence electrons. The summed E-state index contributed by atoms with van der Waals surface area (Å²) in [5, 5.41) is 2.94. The SMILES string of the molecule is COCCCNC(=O)CN1CC[C@@H](c2ccccc2)C1. The normalized spacial score (nSPS) is 19.1. The Labute approximate surface area is 121 Å². The summed E-state index contributed by atoms with van der Waals surface area (Å²) in [5.41, 5.74) is 1.38. The van der Waals surface area contributed by atoms with Crippen LogP contribution in [0.2, 0.25) is 0 Å². The summed E-state index contributed by atoms with van der Waals surface area (Å²) in [6, 6.07) is 10.6. The van der Waals surface area contributed by atoms with Crippen molar-refractivity contribution in [2.45, 2.75) is 18.8 Å². The molecule has 1 aromatic carbocycles. The van der Waals surface area contributed by atoms with Crippen LogP contribution in [0.15, 0.2) is 30.3 Å². The first-order chi connectivity index (χ1) is 9.79. The van der Waals surface area contributed by atoms with Gasteiger partial charge in [0.05, 0.1) is 6.54 Å². The van der Waals surface area contributed by atoms with E-state index in [-0.39, 0.29) is 5.91 Å². The first-order valence-corrected chi connectivity index (χ1v) is 7.32. The van der Waals surface area contributed by atoms with Crippen LogP contribution in [-0.4, -0.2) is 50.7 Å². The van der Waals surface area contributed by atoms with Crippen molar-refractivity contribution in [2.75, 3.05) is 39.9 Å². The van der Waals surface area contributed by atoms with E-state index < -0.39 is 0 Å². The van der Waals surface area contributed by atoms with Crippen molar-refractivity contribution in [1.29, 1.82) is 0 Å². The van der Waals surface area contributed by atoms with Crippen LogP contribution in [0.3, 0.4) is 0 Å². The monoisotopic (exact) mass is 276 g/mol. The molecule has 1 heterocycles. The Morgan fingerprint density at radius 2 is 2.20 bits per heavy atom. The third kappa shape index (κ3) is 4.62. The molecule has 0 bridgehead atoms. The van der Waals surface area contributed by atoms with Gasteiger partial charge in [0.25, 0.3) is 0 Å². The van der Waals surface area contributed by atoms with Gasteiger partial charge in [-0.3, -0.25) is 9.69 Å². The summed E-state index contributed by atoms with van der Waals surface area (Å²) in [7, 11) is 1.68. The number of methoxy groups -OCH3 is 1. The lowest BCUT2D eigenvalue weighted by Gasteiger charge is -2.15. The minimum Gasteiger partial charge on any atom is -0.385 e. The van der Waals surface area contributed by atoms with Gasteiger partial charge in [-0.15, -0.1) is 0 Å². The number of hydrogen-bond donors (Lipinski definition) is 1. The quantitative estimate of drug-likeness (QED) is 0.770. The molecule has 0 saturated carbocycles. The number of amides is 1. The standard InChI is InChI=1S/C16H24N2O2/c1-20-11-5-9-17-16(19)13-18-10-8-15(12-18)14-6-3-2-4-7-14/h2-4,6-7,15H,5,8-13H2,1H3,(H,17,19)/t15-/m1/s1.